The van der Waals surface area contributed by atoms with Gasteiger partial charge in [-0.1, -0.05) is 6.07 Å². The minimum Gasteiger partial charge on any atom is -0.496 e. The monoisotopic (exact) mass is 202 g/mol. The molecule has 0 saturated heterocycles. The first kappa shape index (κ1) is 9.45. The lowest BCUT2D eigenvalue weighted by atomic mass is 10.1. The number of fused-ring (bicyclic) bond motifs is 1. The molecule has 0 bridgehead atoms. The molecule has 0 atom stereocenters. The topological polar surface area (TPSA) is 65.2 Å². The van der Waals surface area contributed by atoms with Gasteiger partial charge in [-0.15, -0.1) is 0 Å². The first-order chi connectivity index (χ1) is 7.24. The van der Waals surface area contributed by atoms with Gasteiger partial charge in [0.15, 0.2) is 0 Å². The summed E-state index contributed by atoms with van der Waals surface area (Å²) in [5.41, 5.74) is 5.69. The number of carbonyl (C=O) groups excluding carboxylic acids is 1. The van der Waals surface area contributed by atoms with Gasteiger partial charge in [-0.2, -0.15) is 0 Å². The summed E-state index contributed by atoms with van der Waals surface area (Å²) in [5.74, 6) is -0.0338. The summed E-state index contributed by atoms with van der Waals surface area (Å²) in [6, 6.07) is 5.41. The second-order valence-electron chi connectivity index (χ2n) is 3.10. The van der Waals surface area contributed by atoms with E-state index in [1.807, 2.05) is 12.1 Å². The van der Waals surface area contributed by atoms with E-state index in [0.717, 1.165) is 5.39 Å². The number of carbonyl (C=O) groups is 1. The first-order valence-corrected chi connectivity index (χ1v) is 4.44. The van der Waals surface area contributed by atoms with Crippen LogP contribution in [-0.4, -0.2) is 18.0 Å². The van der Waals surface area contributed by atoms with Gasteiger partial charge < -0.3 is 10.5 Å². The molecule has 0 aliphatic carbocycles. The number of methoxy groups -OCH3 is 1. The number of nitrogens with zero attached hydrogens (tertiary/aromatic N) is 1. The SMILES string of the molecule is COc1ccc2ccncc2c1C(N)=O. The molecule has 2 N–H and O–H groups in total. The van der Waals surface area contributed by atoms with E-state index < -0.39 is 5.91 Å². The number of ether oxygens (including phenoxy) is 1. The Hall–Kier alpha value is -2.10. The number of hydrogen-bond acceptors (Lipinski definition) is 3. The minimum atomic E-state index is -0.509. The lowest BCUT2D eigenvalue weighted by Gasteiger charge is -2.08. The molecule has 0 fully saturated rings. The van der Waals surface area contributed by atoms with Crippen molar-refractivity contribution >= 4 is 16.7 Å². The number of nitrogens with two attached hydrogens (primary N) is 1. The summed E-state index contributed by atoms with van der Waals surface area (Å²) in [7, 11) is 1.50. The van der Waals surface area contributed by atoms with Crippen LogP contribution in [0.2, 0.25) is 0 Å². The molecule has 0 saturated carbocycles. The molecule has 15 heavy (non-hydrogen) atoms. The van der Waals surface area contributed by atoms with Crippen LogP contribution in [0.25, 0.3) is 10.8 Å². The van der Waals surface area contributed by atoms with E-state index in [0.29, 0.717) is 16.7 Å². The Bertz CT molecular complexity index is 523. The molecule has 0 aliphatic heterocycles. The Morgan fingerprint density at radius 3 is 2.87 bits per heavy atom. The highest BCUT2D eigenvalue weighted by Crippen LogP contribution is 2.26. The Morgan fingerprint density at radius 1 is 1.40 bits per heavy atom. The fourth-order valence-corrected chi connectivity index (χ4v) is 1.57. The number of benzene rings is 1. The van der Waals surface area contributed by atoms with Crippen LogP contribution in [0.1, 0.15) is 10.4 Å². The number of aromatic nitrogens is 1. The number of amides is 1. The molecular weight excluding hydrogens is 192 g/mol. The molecule has 0 spiro atoms. The van der Waals surface area contributed by atoms with Crippen molar-refractivity contribution in [3.8, 4) is 5.75 Å². The summed E-state index contributed by atoms with van der Waals surface area (Å²) in [4.78, 5) is 15.3. The molecule has 4 heteroatoms. The maximum absolute atomic E-state index is 11.3. The van der Waals surface area contributed by atoms with Crippen LogP contribution in [0.5, 0.6) is 5.75 Å². The molecule has 1 aromatic heterocycles. The number of rotatable bonds is 2. The number of primary amides is 1. The molecule has 1 heterocycles. The molecule has 2 rings (SSSR count). The van der Waals surface area contributed by atoms with Crippen molar-refractivity contribution in [2.24, 2.45) is 5.73 Å². The van der Waals surface area contributed by atoms with Crippen LogP contribution in [0, 0.1) is 0 Å². The van der Waals surface area contributed by atoms with E-state index in [-0.39, 0.29) is 0 Å². The second-order valence-corrected chi connectivity index (χ2v) is 3.10. The summed E-state index contributed by atoms with van der Waals surface area (Å²) < 4.78 is 5.09. The van der Waals surface area contributed by atoms with E-state index in [2.05, 4.69) is 4.98 Å². The minimum absolute atomic E-state index is 0.378. The fourth-order valence-electron chi connectivity index (χ4n) is 1.57. The smallest absolute Gasteiger partial charge is 0.253 e. The van der Waals surface area contributed by atoms with Crippen molar-refractivity contribution in [1.29, 1.82) is 0 Å². The van der Waals surface area contributed by atoms with Crippen molar-refractivity contribution in [3.63, 3.8) is 0 Å². The Labute approximate surface area is 86.7 Å². The zero-order valence-electron chi connectivity index (χ0n) is 8.23. The van der Waals surface area contributed by atoms with E-state index in [1.165, 1.54) is 7.11 Å². The van der Waals surface area contributed by atoms with Gasteiger partial charge in [0.25, 0.3) is 5.91 Å². The maximum Gasteiger partial charge on any atom is 0.253 e. The highest BCUT2D eigenvalue weighted by atomic mass is 16.5. The fraction of sp³-hybridized carbons (Fsp3) is 0.0909. The van der Waals surface area contributed by atoms with E-state index in [1.54, 1.807) is 18.5 Å². The third-order valence-corrected chi connectivity index (χ3v) is 2.25. The Kier molecular flexibility index (Phi) is 2.25. The van der Waals surface area contributed by atoms with Crippen molar-refractivity contribution in [3.05, 3.63) is 36.2 Å². The van der Waals surface area contributed by atoms with Crippen molar-refractivity contribution in [2.45, 2.75) is 0 Å². The molecular formula is C11H10N2O2. The van der Waals surface area contributed by atoms with Crippen molar-refractivity contribution in [2.75, 3.05) is 7.11 Å². The van der Waals surface area contributed by atoms with Gasteiger partial charge in [0, 0.05) is 17.8 Å². The van der Waals surface area contributed by atoms with Crippen LogP contribution in [0.4, 0.5) is 0 Å². The molecule has 1 aromatic carbocycles. The van der Waals surface area contributed by atoms with Gasteiger partial charge in [-0.25, -0.2) is 0 Å². The van der Waals surface area contributed by atoms with Gasteiger partial charge in [0.2, 0.25) is 0 Å². The van der Waals surface area contributed by atoms with Gasteiger partial charge >= 0.3 is 0 Å². The zero-order valence-corrected chi connectivity index (χ0v) is 8.23. The highest BCUT2D eigenvalue weighted by Gasteiger charge is 2.12. The Morgan fingerprint density at radius 2 is 2.20 bits per heavy atom. The van der Waals surface area contributed by atoms with Gasteiger partial charge in [-0.3, -0.25) is 9.78 Å². The predicted octanol–water partition coefficient (Wildman–Crippen LogP) is 1.34. The van der Waals surface area contributed by atoms with Crippen LogP contribution in [0.3, 0.4) is 0 Å². The lowest BCUT2D eigenvalue weighted by Crippen LogP contribution is -2.13. The molecule has 0 radical (unpaired) electrons. The van der Waals surface area contributed by atoms with Crippen LogP contribution in [-0.2, 0) is 0 Å². The largest absolute Gasteiger partial charge is 0.496 e. The molecule has 0 unspecified atom stereocenters. The summed E-state index contributed by atoms with van der Waals surface area (Å²) in [6.45, 7) is 0. The Balaban J connectivity index is 2.85. The van der Waals surface area contributed by atoms with Crippen LogP contribution < -0.4 is 10.5 Å². The van der Waals surface area contributed by atoms with E-state index >= 15 is 0 Å². The third kappa shape index (κ3) is 1.50. The second kappa shape index (κ2) is 3.57. The lowest BCUT2D eigenvalue weighted by molar-refractivity contribution is 0.0999. The predicted molar refractivity (Wildman–Crippen MR) is 56.8 cm³/mol. The van der Waals surface area contributed by atoms with E-state index in [4.69, 9.17) is 10.5 Å². The van der Waals surface area contributed by atoms with E-state index in [9.17, 15) is 4.79 Å². The van der Waals surface area contributed by atoms with Crippen molar-refractivity contribution in [1.82, 2.24) is 4.98 Å². The quantitative estimate of drug-likeness (QED) is 0.799. The van der Waals surface area contributed by atoms with Gasteiger partial charge in [-0.05, 0) is 17.5 Å². The summed E-state index contributed by atoms with van der Waals surface area (Å²) in [6.07, 6.45) is 3.28. The maximum atomic E-state index is 11.3. The molecule has 4 nitrogen and oxygen atoms in total. The van der Waals surface area contributed by atoms with Gasteiger partial charge in [0.05, 0.1) is 12.7 Å². The van der Waals surface area contributed by atoms with Crippen LogP contribution in [0.15, 0.2) is 30.6 Å². The van der Waals surface area contributed by atoms with Gasteiger partial charge in [0.1, 0.15) is 5.75 Å². The molecule has 2 aromatic rings. The average molecular weight is 202 g/mol. The average Bonchev–Trinajstić information content (AvgIpc) is 2.27. The molecule has 76 valence electrons. The number of hydrogen-bond donors (Lipinski definition) is 1. The zero-order chi connectivity index (χ0) is 10.8. The van der Waals surface area contributed by atoms with Crippen molar-refractivity contribution < 1.29 is 9.53 Å². The molecule has 1 amide bonds. The highest BCUT2D eigenvalue weighted by molar-refractivity contribution is 6.08. The number of pyridine rings is 1. The standard InChI is InChI=1S/C11H10N2O2/c1-15-9-3-2-7-4-5-13-6-8(7)10(9)11(12)14/h2-6H,1H3,(H2,12,14). The summed E-state index contributed by atoms with van der Waals surface area (Å²) in [5, 5.41) is 1.63. The first-order valence-electron chi connectivity index (χ1n) is 4.44. The third-order valence-electron chi connectivity index (χ3n) is 2.25. The van der Waals surface area contributed by atoms with Crippen LogP contribution >= 0.6 is 0 Å². The normalized spacial score (nSPS) is 10.2. The summed E-state index contributed by atoms with van der Waals surface area (Å²) >= 11 is 0. The molecule has 0 aliphatic rings.